The molecule has 0 saturated carbocycles. The Labute approximate surface area is 152 Å². The normalized spacial score (nSPS) is 12.4. The molecule has 0 saturated heterocycles. The lowest BCUT2D eigenvalue weighted by Crippen LogP contribution is -2.03. The molecule has 126 valence electrons. The number of hydrogen-bond donors (Lipinski definition) is 2. The Morgan fingerprint density at radius 1 is 1.16 bits per heavy atom. The summed E-state index contributed by atoms with van der Waals surface area (Å²) >= 11 is 7.43. The average Bonchev–Trinajstić information content (AvgIpc) is 3.15. The summed E-state index contributed by atoms with van der Waals surface area (Å²) in [5.41, 5.74) is 1.90. The molecule has 2 aromatic carbocycles. The van der Waals surface area contributed by atoms with Gasteiger partial charge < -0.3 is 10.4 Å². The van der Waals surface area contributed by atoms with Gasteiger partial charge in [-0.1, -0.05) is 48.1 Å². The summed E-state index contributed by atoms with van der Waals surface area (Å²) in [5.74, 6) is 0.983. The summed E-state index contributed by atoms with van der Waals surface area (Å²) in [7, 11) is 0. The van der Waals surface area contributed by atoms with Crippen LogP contribution in [0.4, 0.5) is 10.8 Å². The van der Waals surface area contributed by atoms with Crippen molar-refractivity contribution in [3.05, 3.63) is 64.9 Å². The fourth-order valence-electron chi connectivity index (χ4n) is 2.55. The number of hydrogen-bond acceptors (Lipinski definition) is 6. The Bertz CT molecular complexity index is 1030. The van der Waals surface area contributed by atoms with Gasteiger partial charge in [-0.05, 0) is 35.9 Å². The Morgan fingerprint density at radius 2 is 1.96 bits per heavy atom. The number of aromatic hydroxyl groups is 1. The summed E-state index contributed by atoms with van der Waals surface area (Å²) in [5, 5.41) is 27.1. The fraction of sp³-hybridized carbons (Fsp3) is 0.118. The maximum atomic E-state index is 9.44. The number of phenols is 1. The SMILES string of the molecule is CC(c1ccc(O)cc1)c1nnc2sc(Nc3cccc(Cl)c3)nn12. The zero-order valence-corrected chi connectivity index (χ0v) is 14.8. The minimum Gasteiger partial charge on any atom is -0.508 e. The first-order valence-corrected chi connectivity index (χ1v) is 8.83. The van der Waals surface area contributed by atoms with Crippen LogP contribution in [0, 0.1) is 0 Å². The van der Waals surface area contributed by atoms with Crippen LogP contribution in [0.3, 0.4) is 0 Å². The number of rotatable bonds is 4. The van der Waals surface area contributed by atoms with Crippen LogP contribution in [0.2, 0.25) is 5.02 Å². The molecule has 6 nitrogen and oxygen atoms in total. The monoisotopic (exact) mass is 371 g/mol. The lowest BCUT2D eigenvalue weighted by Gasteiger charge is -2.08. The number of phenolic OH excluding ortho intramolecular Hbond substituents is 1. The van der Waals surface area contributed by atoms with E-state index in [1.54, 1.807) is 16.6 Å². The molecule has 2 heterocycles. The average molecular weight is 372 g/mol. The van der Waals surface area contributed by atoms with Crippen molar-refractivity contribution in [2.75, 3.05) is 5.32 Å². The quantitative estimate of drug-likeness (QED) is 0.554. The van der Waals surface area contributed by atoms with Crippen LogP contribution in [0.5, 0.6) is 5.75 Å². The molecule has 0 aliphatic rings. The van der Waals surface area contributed by atoms with E-state index in [9.17, 15) is 5.11 Å². The molecule has 0 aliphatic carbocycles. The van der Waals surface area contributed by atoms with E-state index in [-0.39, 0.29) is 11.7 Å². The van der Waals surface area contributed by atoms with Gasteiger partial charge in [-0.15, -0.1) is 15.3 Å². The zero-order valence-electron chi connectivity index (χ0n) is 13.2. The van der Waals surface area contributed by atoms with E-state index in [0.29, 0.717) is 15.1 Å². The topological polar surface area (TPSA) is 75.3 Å². The summed E-state index contributed by atoms with van der Waals surface area (Å²) in [4.78, 5) is 0.713. The van der Waals surface area contributed by atoms with E-state index in [1.807, 2.05) is 43.3 Å². The third-order valence-electron chi connectivity index (χ3n) is 3.87. The molecular formula is C17H14ClN5OS. The van der Waals surface area contributed by atoms with Gasteiger partial charge in [-0.2, -0.15) is 4.52 Å². The zero-order chi connectivity index (χ0) is 17.4. The molecule has 0 fully saturated rings. The van der Waals surface area contributed by atoms with Crippen LogP contribution in [0.25, 0.3) is 4.96 Å². The van der Waals surface area contributed by atoms with Gasteiger partial charge in [0, 0.05) is 16.6 Å². The summed E-state index contributed by atoms with van der Waals surface area (Å²) in [6, 6.07) is 14.5. The van der Waals surface area contributed by atoms with E-state index in [0.717, 1.165) is 17.1 Å². The van der Waals surface area contributed by atoms with E-state index in [4.69, 9.17) is 11.6 Å². The number of nitrogens with zero attached hydrogens (tertiary/aromatic N) is 4. The first kappa shape index (κ1) is 15.9. The minimum absolute atomic E-state index is 0.00304. The molecule has 2 aromatic heterocycles. The molecule has 1 unspecified atom stereocenters. The molecule has 8 heteroatoms. The third-order valence-corrected chi connectivity index (χ3v) is 4.92. The maximum Gasteiger partial charge on any atom is 0.236 e. The molecule has 0 radical (unpaired) electrons. The van der Waals surface area contributed by atoms with Crippen molar-refractivity contribution in [1.82, 2.24) is 19.8 Å². The van der Waals surface area contributed by atoms with Crippen molar-refractivity contribution in [2.24, 2.45) is 0 Å². The Morgan fingerprint density at radius 3 is 2.72 bits per heavy atom. The van der Waals surface area contributed by atoms with E-state index in [2.05, 4.69) is 20.6 Å². The van der Waals surface area contributed by atoms with Crippen LogP contribution >= 0.6 is 22.9 Å². The van der Waals surface area contributed by atoms with Gasteiger partial charge in [0.15, 0.2) is 5.82 Å². The summed E-state index contributed by atoms with van der Waals surface area (Å²) in [6.45, 7) is 2.03. The van der Waals surface area contributed by atoms with Gasteiger partial charge in [0.05, 0.1) is 0 Å². The summed E-state index contributed by atoms with van der Waals surface area (Å²) < 4.78 is 1.75. The van der Waals surface area contributed by atoms with Gasteiger partial charge in [0.1, 0.15) is 5.75 Å². The number of fused-ring (bicyclic) bond motifs is 1. The second kappa shape index (κ2) is 6.34. The molecule has 2 N–H and O–H groups in total. The van der Waals surface area contributed by atoms with Crippen molar-refractivity contribution in [3.63, 3.8) is 0 Å². The molecule has 0 bridgehead atoms. The second-order valence-electron chi connectivity index (χ2n) is 5.61. The smallest absolute Gasteiger partial charge is 0.236 e. The second-order valence-corrected chi connectivity index (χ2v) is 7.00. The van der Waals surface area contributed by atoms with Gasteiger partial charge in [-0.3, -0.25) is 0 Å². The van der Waals surface area contributed by atoms with Crippen LogP contribution in [0.1, 0.15) is 24.2 Å². The number of benzene rings is 2. The lowest BCUT2D eigenvalue weighted by atomic mass is 10.0. The first-order chi connectivity index (χ1) is 12.1. The van der Waals surface area contributed by atoms with Crippen molar-refractivity contribution in [3.8, 4) is 5.75 Å². The van der Waals surface area contributed by atoms with E-state index in [1.165, 1.54) is 11.3 Å². The Balaban J connectivity index is 1.65. The highest BCUT2D eigenvalue weighted by Gasteiger charge is 2.19. The highest BCUT2D eigenvalue weighted by Crippen LogP contribution is 2.29. The van der Waals surface area contributed by atoms with Crippen molar-refractivity contribution in [2.45, 2.75) is 12.8 Å². The van der Waals surface area contributed by atoms with Gasteiger partial charge in [-0.25, -0.2) is 0 Å². The highest BCUT2D eigenvalue weighted by molar-refractivity contribution is 7.20. The number of halogens is 1. The lowest BCUT2D eigenvalue weighted by molar-refractivity contribution is 0.475. The predicted molar refractivity (Wildman–Crippen MR) is 99.0 cm³/mol. The molecule has 1 atom stereocenters. The van der Waals surface area contributed by atoms with Crippen LogP contribution in [-0.4, -0.2) is 24.9 Å². The van der Waals surface area contributed by atoms with Crippen molar-refractivity contribution in [1.29, 1.82) is 0 Å². The van der Waals surface area contributed by atoms with Crippen LogP contribution in [-0.2, 0) is 0 Å². The largest absolute Gasteiger partial charge is 0.508 e. The van der Waals surface area contributed by atoms with Crippen LogP contribution < -0.4 is 5.32 Å². The maximum absolute atomic E-state index is 9.44. The fourth-order valence-corrected chi connectivity index (χ4v) is 3.51. The number of anilines is 2. The van der Waals surface area contributed by atoms with E-state index < -0.39 is 0 Å². The van der Waals surface area contributed by atoms with Crippen molar-refractivity contribution >= 4 is 38.7 Å². The minimum atomic E-state index is -0.00304. The summed E-state index contributed by atoms with van der Waals surface area (Å²) in [6.07, 6.45) is 0. The Kier molecular flexibility index (Phi) is 4.03. The van der Waals surface area contributed by atoms with Crippen molar-refractivity contribution < 1.29 is 5.11 Å². The molecule has 0 aliphatic heterocycles. The predicted octanol–water partition coefficient (Wildman–Crippen LogP) is 4.44. The molecule has 25 heavy (non-hydrogen) atoms. The van der Waals surface area contributed by atoms with Gasteiger partial charge in [0.2, 0.25) is 10.1 Å². The standard InChI is InChI=1S/C17H14ClN5OS/c1-10(11-5-7-14(24)8-6-11)15-20-21-17-23(15)22-16(25-17)19-13-4-2-3-12(18)9-13/h2-10,24H,1H3,(H,19,22). The molecule has 0 spiro atoms. The number of aromatic nitrogens is 4. The van der Waals surface area contributed by atoms with Crippen LogP contribution in [0.15, 0.2) is 48.5 Å². The molecular weight excluding hydrogens is 358 g/mol. The molecule has 4 rings (SSSR count). The van der Waals surface area contributed by atoms with E-state index >= 15 is 0 Å². The number of nitrogens with one attached hydrogen (secondary N) is 1. The van der Waals surface area contributed by atoms with Gasteiger partial charge >= 0.3 is 0 Å². The molecule has 0 amide bonds. The van der Waals surface area contributed by atoms with Gasteiger partial charge in [0.25, 0.3) is 0 Å². The highest BCUT2D eigenvalue weighted by atomic mass is 35.5. The molecule has 4 aromatic rings. The third kappa shape index (κ3) is 3.16. The Hall–Kier alpha value is -2.64. The first-order valence-electron chi connectivity index (χ1n) is 7.64.